The second-order valence-electron chi connectivity index (χ2n) is 3.39. The summed E-state index contributed by atoms with van der Waals surface area (Å²) in [6, 6.07) is 0. The molecule has 0 saturated carbocycles. The highest BCUT2D eigenvalue weighted by Gasteiger charge is 2.17. The number of rotatable bonds is 1. The van der Waals surface area contributed by atoms with Crippen LogP contribution in [0.1, 0.15) is 11.4 Å². The Hall–Kier alpha value is -1.82. The second-order valence-corrected chi connectivity index (χ2v) is 3.39. The van der Waals surface area contributed by atoms with Crippen LogP contribution < -0.4 is 5.32 Å². The standard InChI is InChI=1S/C9H10N6/c1-2-10-5-7-8(1)15(14-13-7)9-6-11-3-4-12-9/h3-4,6,10H,1-2,5H2. The van der Waals surface area contributed by atoms with Gasteiger partial charge in [-0.2, -0.15) is 4.68 Å². The summed E-state index contributed by atoms with van der Waals surface area (Å²) in [6.45, 7) is 1.75. The fraction of sp³-hybridized carbons (Fsp3) is 0.333. The van der Waals surface area contributed by atoms with Crippen LogP contribution in [0.25, 0.3) is 5.82 Å². The minimum absolute atomic E-state index is 0.730. The Labute approximate surface area is 86.4 Å². The second kappa shape index (κ2) is 3.39. The lowest BCUT2D eigenvalue weighted by molar-refractivity contribution is 0.617. The molecule has 3 heterocycles. The highest BCUT2D eigenvalue weighted by atomic mass is 15.5. The summed E-state index contributed by atoms with van der Waals surface area (Å²) in [7, 11) is 0. The van der Waals surface area contributed by atoms with E-state index in [-0.39, 0.29) is 0 Å². The zero-order valence-corrected chi connectivity index (χ0v) is 8.09. The van der Waals surface area contributed by atoms with E-state index >= 15 is 0 Å². The van der Waals surface area contributed by atoms with Crippen molar-refractivity contribution >= 4 is 0 Å². The van der Waals surface area contributed by atoms with Crippen molar-refractivity contribution in [2.45, 2.75) is 13.0 Å². The van der Waals surface area contributed by atoms with Crippen LogP contribution in [-0.4, -0.2) is 31.5 Å². The molecule has 0 amide bonds. The molecule has 0 fully saturated rings. The number of hydrogen-bond acceptors (Lipinski definition) is 5. The molecule has 1 aliphatic heterocycles. The highest BCUT2D eigenvalue weighted by Crippen LogP contribution is 2.13. The summed E-state index contributed by atoms with van der Waals surface area (Å²) < 4.78 is 1.77. The molecule has 0 atom stereocenters. The maximum Gasteiger partial charge on any atom is 0.173 e. The maximum absolute atomic E-state index is 4.21. The molecule has 2 aromatic heterocycles. The molecule has 0 radical (unpaired) electrons. The largest absolute Gasteiger partial charge is 0.311 e. The summed E-state index contributed by atoms with van der Waals surface area (Å²) in [4.78, 5) is 8.23. The Kier molecular flexibility index (Phi) is 1.92. The predicted molar refractivity (Wildman–Crippen MR) is 52.4 cm³/mol. The van der Waals surface area contributed by atoms with Gasteiger partial charge in [0.15, 0.2) is 5.82 Å². The van der Waals surface area contributed by atoms with Crippen LogP contribution in [0.5, 0.6) is 0 Å². The van der Waals surface area contributed by atoms with Crippen LogP contribution >= 0.6 is 0 Å². The Morgan fingerprint density at radius 3 is 3.20 bits per heavy atom. The van der Waals surface area contributed by atoms with Crippen molar-refractivity contribution in [2.24, 2.45) is 0 Å². The van der Waals surface area contributed by atoms with Crippen molar-refractivity contribution in [1.82, 2.24) is 30.3 Å². The lowest BCUT2D eigenvalue weighted by atomic mass is 10.2. The van der Waals surface area contributed by atoms with E-state index in [9.17, 15) is 0 Å². The third-order valence-corrected chi connectivity index (χ3v) is 2.44. The number of fused-ring (bicyclic) bond motifs is 1. The van der Waals surface area contributed by atoms with Gasteiger partial charge in [-0.15, -0.1) is 5.10 Å². The van der Waals surface area contributed by atoms with Gasteiger partial charge in [-0.05, 0) is 0 Å². The molecule has 0 aromatic carbocycles. The van der Waals surface area contributed by atoms with Gasteiger partial charge in [-0.25, -0.2) is 4.98 Å². The van der Waals surface area contributed by atoms with Crippen LogP contribution in [-0.2, 0) is 13.0 Å². The van der Waals surface area contributed by atoms with Crippen molar-refractivity contribution < 1.29 is 0 Å². The van der Waals surface area contributed by atoms with E-state index in [1.165, 1.54) is 0 Å². The normalized spacial score (nSPS) is 14.9. The first-order chi connectivity index (χ1) is 7.45. The van der Waals surface area contributed by atoms with Crippen LogP contribution in [0.4, 0.5) is 0 Å². The predicted octanol–water partition coefficient (Wildman–Crippen LogP) is -0.297. The minimum Gasteiger partial charge on any atom is -0.311 e. The average Bonchev–Trinajstić information content (AvgIpc) is 2.74. The molecular formula is C9H10N6. The number of aromatic nitrogens is 5. The fourth-order valence-electron chi connectivity index (χ4n) is 1.72. The molecule has 0 bridgehead atoms. The van der Waals surface area contributed by atoms with Gasteiger partial charge >= 0.3 is 0 Å². The van der Waals surface area contributed by atoms with Crippen LogP contribution in [0.3, 0.4) is 0 Å². The van der Waals surface area contributed by atoms with Crippen molar-refractivity contribution in [3.63, 3.8) is 0 Å². The molecule has 0 saturated heterocycles. The Morgan fingerprint density at radius 2 is 2.33 bits per heavy atom. The van der Waals surface area contributed by atoms with Gasteiger partial charge in [-0.1, -0.05) is 5.21 Å². The number of nitrogens with one attached hydrogen (secondary N) is 1. The molecule has 15 heavy (non-hydrogen) atoms. The van der Waals surface area contributed by atoms with Crippen molar-refractivity contribution in [2.75, 3.05) is 6.54 Å². The molecule has 6 nitrogen and oxygen atoms in total. The number of nitrogens with zero attached hydrogens (tertiary/aromatic N) is 5. The van der Waals surface area contributed by atoms with Gasteiger partial charge in [-0.3, -0.25) is 4.98 Å². The monoisotopic (exact) mass is 202 g/mol. The average molecular weight is 202 g/mol. The summed E-state index contributed by atoms with van der Waals surface area (Å²) in [6.07, 6.45) is 5.93. The van der Waals surface area contributed by atoms with E-state index in [2.05, 4.69) is 25.6 Å². The quantitative estimate of drug-likeness (QED) is 0.687. The zero-order valence-electron chi connectivity index (χ0n) is 8.09. The van der Waals surface area contributed by atoms with Crippen molar-refractivity contribution in [3.05, 3.63) is 30.0 Å². The molecule has 3 rings (SSSR count). The van der Waals surface area contributed by atoms with Gasteiger partial charge in [0.1, 0.15) is 5.69 Å². The molecule has 6 heteroatoms. The molecular weight excluding hydrogens is 192 g/mol. The lowest BCUT2D eigenvalue weighted by Crippen LogP contribution is -2.25. The minimum atomic E-state index is 0.730. The number of hydrogen-bond donors (Lipinski definition) is 1. The van der Waals surface area contributed by atoms with Gasteiger partial charge in [0, 0.05) is 31.9 Å². The SMILES string of the molecule is c1cnc(-n2nnc3c2CCNC3)cn1. The Balaban J connectivity index is 2.09. The first-order valence-corrected chi connectivity index (χ1v) is 4.86. The highest BCUT2D eigenvalue weighted by molar-refractivity contribution is 5.24. The topological polar surface area (TPSA) is 68.5 Å². The first-order valence-electron chi connectivity index (χ1n) is 4.86. The lowest BCUT2D eigenvalue weighted by Gasteiger charge is -2.12. The third kappa shape index (κ3) is 1.39. The summed E-state index contributed by atoms with van der Waals surface area (Å²) in [5.74, 6) is 0.730. The van der Waals surface area contributed by atoms with Gasteiger partial charge < -0.3 is 5.32 Å². The van der Waals surface area contributed by atoms with E-state index in [0.717, 1.165) is 36.7 Å². The van der Waals surface area contributed by atoms with Crippen molar-refractivity contribution in [1.29, 1.82) is 0 Å². The molecule has 0 spiro atoms. The Morgan fingerprint density at radius 1 is 1.33 bits per heavy atom. The van der Waals surface area contributed by atoms with E-state index in [1.807, 2.05) is 0 Å². The summed E-state index contributed by atoms with van der Waals surface area (Å²) in [5, 5.41) is 11.5. The van der Waals surface area contributed by atoms with Crippen LogP contribution in [0, 0.1) is 0 Å². The van der Waals surface area contributed by atoms with Crippen molar-refractivity contribution in [3.8, 4) is 5.82 Å². The van der Waals surface area contributed by atoms with E-state index in [4.69, 9.17) is 0 Å². The van der Waals surface area contributed by atoms with Crippen LogP contribution in [0.15, 0.2) is 18.6 Å². The molecule has 76 valence electrons. The summed E-state index contributed by atoms with van der Waals surface area (Å²) in [5.41, 5.74) is 2.14. The van der Waals surface area contributed by atoms with Gasteiger partial charge in [0.05, 0.1) is 11.9 Å². The molecule has 1 N–H and O–H groups in total. The van der Waals surface area contributed by atoms with Gasteiger partial charge in [0.25, 0.3) is 0 Å². The zero-order chi connectivity index (χ0) is 10.1. The molecule has 1 aliphatic rings. The molecule has 0 unspecified atom stereocenters. The molecule has 2 aromatic rings. The third-order valence-electron chi connectivity index (χ3n) is 2.44. The van der Waals surface area contributed by atoms with E-state index in [0.29, 0.717) is 0 Å². The summed E-state index contributed by atoms with van der Waals surface area (Å²) >= 11 is 0. The fourth-order valence-corrected chi connectivity index (χ4v) is 1.72. The molecule has 0 aliphatic carbocycles. The van der Waals surface area contributed by atoms with Crippen LogP contribution in [0.2, 0.25) is 0 Å². The van der Waals surface area contributed by atoms with E-state index in [1.54, 1.807) is 23.3 Å². The Bertz CT molecular complexity index is 463. The van der Waals surface area contributed by atoms with E-state index < -0.39 is 0 Å². The maximum atomic E-state index is 4.21. The van der Waals surface area contributed by atoms with Gasteiger partial charge in [0.2, 0.25) is 0 Å². The first kappa shape index (κ1) is 8.49. The smallest absolute Gasteiger partial charge is 0.173 e.